The number of aromatic nitrogens is 6. The first kappa shape index (κ1) is 21.6. The summed E-state index contributed by atoms with van der Waals surface area (Å²) < 4.78 is 17.4. The Hall–Kier alpha value is -4.63. The number of rotatable bonds is 4. The van der Waals surface area contributed by atoms with E-state index in [1.807, 2.05) is 48.7 Å². The second kappa shape index (κ2) is 8.79. The number of halogens is 1. The Morgan fingerprint density at radius 2 is 1.76 bits per heavy atom. The van der Waals surface area contributed by atoms with E-state index in [2.05, 4.69) is 25.4 Å². The number of nitrogens with zero attached hydrogens (tertiary/aromatic N) is 6. The Morgan fingerprint density at radius 3 is 2.59 bits per heavy atom. The predicted molar refractivity (Wildman–Crippen MR) is 142 cm³/mol. The summed E-state index contributed by atoms with van der Waals surface area (Å²) in [5.74, 6) is -0.289. The maximum atomic E-state index is 15.6. The van der Waals surface area contributed by atoms with Gasteiger partial charge >= 0.3 is 0 Å². The molecule has 37 heavy (non-hydrogen) atoms. The van der Waals surface area contributed by atoms with Crippen molar-refractivity contribution in [3.8, 4) is 33.6 Å². The van der Waals surface area contributed by atoms with Crippen molar-refractivity contribution in [3.05, 3.63) is 85.2 Å². The number of H-pyrrole nitrogens is 1. The highest BCUT2D eigenvalue weighted by atomic mass is 19.1. The highest BCUT2D eigenvalue weighted by Gasteiger charge is 2.23. The van der Waals surface area contributed by atoms with Crippen LogP contribution in [-0.2, 0) is 0 Å². The van der Waals surface area contributed by atoms with Crippen molar-refractivity contribution in [2.45, 2.75) is 0 Å². The van der Waals surface area contributed by atoms with Gasteiger partial charge in [0.05, 0.1) is 23.0 Å². The van der Waals surface area contributed by atoms with E-state index in [0.717, 1.165) is 65.2 Å². The third-order valence-electron chi connectivity index (χ3n) is 6.94. The molecule has 0 amide bonds. The SMILES string of the molecule is Fc1cc(N2CCNCC2)ccc1-c1ccnc2c(-c3cccc4[nH]ncc34)c(-c3ccncc3)nn12. The van der Waals surface area contributed by atoms with E-state index < -0.39 is 0 Å². The van der Waals surface area contributed by atoms with Crippen molar-refractivity contribution < 1.29 is 4.39 Å². The molecule has 1 aliphatic heterocycles. The third kappa shape index (κ3) is 3.63. The number of aromatic amines is 1. The Kier molecular flexibility index (Phi) is 5.14. The van der Waals surface area contributed by atoms with E-state index in [1.165, 1.54) is 0 Å². The van der Waals surface area contributed by atoms with Crippen molar-refractivity contribution in [2.75, 3.05) is 31.1 Å². The van der Waals surface area contributed by atoms with Crippen LogP contribution in [0.2, 0.25) is 0 Å². The molecule has 0 unspecified atom stereocenters. The number of anilines is 1. The van der Waals surface area contributed by atoms with Crippen LogP contribution in [0.1, 0.15) is 0 Å². The second-order valence-corrected chi connectivity index (χ2v) is 9.06. The molecule has 7 rings (SSSR count). The van der Waals surface area contributed by atoms with Crippen LogP contribution in [0.4, 0.5) is 10.1 Å². The number of fused-ring (bicyclic) bond motifs is 2. The number of piperazine rings is 1. The molecule has 0 saturated carbocycles. The van der Waals surface area contributed by atoms with Gasteiger partial charge in [-0.1, -0.05) is 12.1 Å². The zero-order chi connectivity index (χ0) is 24.8. The van der Waals surface area contributed by atoms with Crippen molar-refractivity contribution in [1.29, 1.82) is 0 Å². The summed E-state index contributed by atoms with van der Waals surface area (Å²) >= 11 is 0. The van der Waals surface area contributed by atoms with Gasteiger partial charge in [0.2, 0.25) is 0 Å². The van der Waals surface area contributed by atoms with Crippen LogP contribution >= 0.6 is 0 Å². The number of hydrogen-bond donors (Lipinski definition) is 2. The van der Waals surface area contributed by atoms with Crippen molar-refractivity contribution in [3.63, 3.8) is 0 Å². The van der Waals surface area contributed by atoms with Gasteiger partial charge in [-0.15, -0.1) is 0 Å². The normalized spacial score (nSPS) is 14.0. The van der Waals surface area contributed by atoms with Crippen molar-refractivity contribution in [2.24, 2.45) is 0 Å². The van der Waals surface area contributed by atoms with E-state index in [4.69, 9.17) is 10.1 Å². The first-order valence-electron chi connectivity index (χ1n) is 12.2. The van der Waals surface area contributed by atoms with Crippen molar-refractivity contribution >= 4 is 22.2 Å². The van der Waals surface area contributed by atoms with Gasteiger partial charge in [0.15, 0.2) is 5.65 Å². The molecule has 9 heteroatoms. The lowest BCUT2D eigenvalue weighted by Gasteiger charge is -2.29. The van der Waals surface area contributed by atoms with Crippen LogP contribution in [0.25, 0.3) is 50.2 Å². The molecule has 0 atom stereocenters. The van der Waals surface area contributed by atoms with Gasteiger partial charge in [-0.3, -0.25) is 10.1 Å². The van der Waals surface area contributed by atoms with E-state index in [1.54, 1.807) is 35.2 Å². The van der Waals surface area contributed by atoms with Gasteiger partial charge in [-0.2, -0.15) is 10.2 Å². The molecule has 1 fully saturated rings. The van der Waals surface area contributed by atoms with Crippen LogP contribution in [0.3, 0.4) is 0 Å². The lowest BCUT2D eigenvalue weighted by Crippen LogP contribution is -2.43. The van der Waals surface area contributed by atoms with Crippen LogP contribution in [0, 0.1) is 5.82 Å². The zero-order valence-electron chi connectivity index (χ0n) is 19.9. The van der Waals surface area contributed by atoms with Crippen molar-refractivity contribution in [1.82, 2.24) is 35.1 Å². The van der Waals surface area contributed by atoms with Crippen LogP contribution in [0.15, 0.2) is 79.4 Å². The summed E-state index contributed by atoms with van der Waals surface area (Å²) in [7, 11) is 0. The van der Waals surface area contributed by atoms with Gasteiger partial charge in [-0.25, -0.2) is 13.9 Å². The minimum Gasteiger partial charge on any atom is -0.369 e. The average Bonchev–Trinajstić information content (AvgIpc) is 3.59. The molecule has 1 aliphatic rings. The third-order valence-corrected chi connectivity index (χ3v) is 6.94. The minimum atomic E-state index is -0.289. The Bertz CT molecular complexity index is 1730. The number of benzene rings is 2. The summed E-state index contributed by atoms with van der Waals surface area (Å²) in [4.78, 5) is 11.1. The fourth-order valence-electron chi connectivity index (χ4n) is 5.13. The van der Waals surface area contributed by atoms with Gasteiger partial charge in [0.25, 0.3) is 0 Å². The molecule has 0 bridgehead atoms. The lowest BCUT2D eigenvalue weighted by molar-refractivity contribution is 0.585. The minimum absolute atomic E-state index is 0.289. The molecule has 4 aromatic heterocycles. The van der Waals surface area contributed by atoms with Crippen LogP contribution in [0.5, 0.6) is 0 Å². The molecule has 2 aromatic carbocycles. The molecular weight excluding hydrogens is 467 g/mol. The topological polar surface area (TPSA) is 87.0 Å². The fourth-order valence-corrected chi connectivity index (χ4v) is 5.13. The smallest absolute Gasteiger partial charge is 0.164 e. The number of pyridine rings is 1. The predicted octanol–water partition coefficient (Wildman–Crippen LogP) is 4.55. The molecular formula is C28H23FN8. The Morgan fingerprint density at radius 1 is 0.892 bits per heavy atom. The standard InChI is InChI=1S/C28H23FN8/c29-23-16-19(36-14-12-31-13-15-36)4-5-21(23)25-8-11-32-28-26(20-2-1-3-24-22(20)17-33-34-24)27(35-37(25)28)18-6-9-30-10-7-18/h1-11,16-17,31H,12-15H2,(H,33,34). The van der Waals surface area contributed by atoms with E-state index in [-0.39, 0.29) is 5.82 Å². The molecule has 1 saturated heterocycles. The highest BCUT2D eigenvalue weighted by molar-refractivity contribution is 6.02. The number of nitrogens with one attached hydrogen (secondary N) is 2. The van der Waals surface area contributed by atoms with Crippen LogP contribution in [-0.4, -0.2) is 56.0 Å². The van der Waals surface area contributed by atoms with Gasteiger partial charge in [-0.05, 0) is 48.0 Å². The first-order valence-corrected chi connectivity index (χ1v) is 12.2. The van der Waals surface area contributed by atoms with E-state index in [9.17, 15) is 0 Å². The maximum Gasteiger partial charge on any atom is 0.164 e. The fraction of sp³-hybridized carbons (Fsp3) is 0.143. The summed E-state index contributed by atoms with van der Waals surface area (Å²) in [5.41, 5.74) is 7.01. The Balaban J connectivity index is 1.45. The largest absolute Gasteiger partial charge is 0.369 e. The van der Waals surface area contributed by atoms with Crippen LogP contribution < -0.4 is 10.2 Å². The van der Waals surface area contributed by atoms with Gasteiger partial charge in [0, 0.05) is 67.0 Å². The Labute approximate surface area is 211 Å². The van der Waals surface area contributed by atoms with E-state index >= 15 is 4.39 Å². The molecule has 2 N–H and O–H groups in total. The average molecular weight is 491 g/mol. The molecule has 8 nitrogen and oxygen atoms in total. The zero-order valence-corrected chi connectivity index (χ0v) is 19.9. The van der Waals surface area contributed by atoms with Gasteiger partial charge < -0.3 is 10.2 Å². The summed E-state index contributed by atoms with van der Waals surface area (Å²) in [6.07, 6.45) is 7.00. The molecule has 5 heterocycles. The second-order valence-electron chi connectivity index (χ2n) is 9.06. The molecule has 0 aliphatic carbocycles. The molecule has 182 valence electrons. The molecule has 6 aromatic rings. The summed E-state index contributed by atoms with van der Waals surface area (Å²) in [6, 6.07) is 17.1. The van der Waals surface area contributed by atoms with Gasteiger partial charge in [0.1, 0.15) is 11.5 Å². The molecule has 0 radical (unpaired) electrons. The summed E-state index contributed by atoms with van der Waals surface area (Å²) in [6.45, 7) is 3.50. The monoisotopic (exact) mass is 490 g/mol. The highest BCUT2D eigenvalue weighted by Crippen LogP contribution is 2.39. The summed E-state index contributed by atoms with van der Waals surface area (Å²) in [5, 5.41) is 16.6. The first-order chi connectivity index (χ1) is 18.3. The molecule has 0 spiro atoms. The number of hydrogen-bond acceptors (Lipinski definition) is 6. The van der Waals surface area contributed by atoms with E-state index in [0.29, 0.717) is 16.9 Å². The quantitative estimate of drug-likeness (QED) is 0.377. The maximum absolute atomic E-state index is 15.6. The lowest BCUT2D eigenvalue weighted by atomic mass is 9.99.